The van der Waals surface area contributed by atoms with E-state index in [9.17, 15) is 0 Å². The number of thiophene rings is 1. The lowest BCUT2D eigenvalue weighted by molar-refractivity contribution is 0.461. The van der Waals surface area contributed by atoms with Crippen molar-refractivity contribution in [1.29, 1.82) is 0 Å². The highest BCUT2D eigenvalue weighted by Gasteiger charge is 2.20. The molecule has 1 aliphatic rings. The first-order valence-electron chi connectivity index (χ1n) is 8.08. The Morgan fingerprint density at radius 2 is 2.26 bits per heavy atom. The molecule has 0 bridgehead atoms. The molecule has 3 rings (SSSR count). The Hall–Kier alpha value is -2.02. The van der Waals surface area contributed by atoms with E-state index in [1.165, 1.54) is 5.00 Å². The summed E-state index contributed by atoms with van der Waals surface area (Å²) in [5, 5.41) is 14.6. The van der Waals surface area contributed by atoms with Crippen LogP contribution in [0.15, 0.2) is 41.0 Å². The third-order valence-corrected chi connectivity index (χ3v) is 5.00. The summed E-state index contributed by atoms with van der Waals surface area (Å²) < 4.78 is 1.92. The summed E-state index contributed by atoms with van der Waals surface area (Å²) in [5.74, 6) is 0.881. The standard InChI is InChI=1S/C16H24N6S/c1-17-16(18-8-12-22-9-3-7-19-22)20-14-5-10-21(11-6-14)15-4-2-13-23-15/h2-4,7,9,13-14H,5-6,8,10-12H2,1H3,(H2,17,18,20). The number of anilines is 1. The van der Waals surface area contributed by atoms with Crippen LogP contribution in [0.3, 0.4) is 0 Å². The molecule has 124 valence electrons. The van der Waals surface area contributed by atoms with Gasteiger partial charge in [-0.3, -0.25) is 9.67 Å². The van der Waals surface area contributed by atoms with Gasteiger partial charge in [0.25, 0.3) is 0 Å². The summed E-state index contributed by atoms with van der Waals surface area (Å²) in [6.07, 6.45) is 6.04. The van der Waals surface area contributed by atoms with Crippen LogP contribution in [0.1, 0.15) is 12.8 Å². The molecule has 0 unspecified atom stereocenters. The molecule has 2 aromatic rings. The molecule has 1 fully saturated rings. The lowest BCUT2D eigenvalue weighted by atomic mass is 10.1. The molecule has 0 aromatic carbocycles. The molecule has 6 nitrogen and oxygen atoms in total. The van der Waals surface area contributed by atoms with E-state index in [1.54, 1.807) is 6.20 Å². The van der Waals surface area contributed by atoms with Crippen LogP contribution in [0.2, 0.25) is 0 Å². The fraction of sp³-hybridized carbons (Fsp3) is 0.500. The highest BCUT2D eigenvalue weighted by Crippen LogP contribution is 2.24. The van der Waals surface area contributed by atoms with E-state index in [0.29, 0.717) is 6.04 Å². The molecule has 0 spiro atoms. The maximum Gasteiger partial charge on any atom is 0.191 e. The molecular formula is C16H24N6S. The first-order valence-corrected chi connectivity index (χ1v) is 8.96. The van der Waals surface area contributed by atoms with Gasteiger partial charge >= 0.3 is 0 Å². The first kappa shape index (κ1) is 15.9. The Kier molecular flexibility index (Phi) is 5.52. The van der Waals surface area contributed by atoms with Gasteiger partial charge in [0.2, 0.25) is 0 Å². The van der Waals surface area contributed by atoms with Gasteiger partial charge < -0.3 is 15.5 Å². The third kappa shape index (κ3) is 4.48. The predicted octanol–water partition coefficient (Wildman–Crippen LogP) is 1.78. The Morgan fingerprint density at radius 3 is 2.91 bits per heavy atom. The number of nitrogens with one attached hydrogen (secondary N) is 2. The molecule has 23 heavy (non-hydrogen) atoms. The van der Waals surface area contributed by atoms with Gasteiger partial charge in [-0.15, -0.1) is 11.3 Å². The molecule has 2 N–H and O–H groups in total. The van der Waals surface area contributed by atoms with Crippen molar-refractivity contribution in [3.05, 3.63) is 36.0 Å². The molecule has 1 saturated heterocycles. The molecule has 0 aliphatic carbocycles. The van der Waals surface area contributed by atoms with Gasteiger partial charge in [0, 0.05) is 45.1 Å². The van der Waals surface area contributed by atoms with Crippen LogP contribution in [-0.4, -0.2) is 48.5 Å². The maximum atomic E-state index is 4.32. The summed E-state index contributed by atoms with van der Waals surface area (Å²) in [7, 11) is 1.82. The van der Waals surface area contributed by atoms with Crippen molar-refractivity contribution in [3.8, 4) is 0 Å². The van der Waals surface area contributed by atoms with Crippen molar-refractivity contribution in [1.82, 2.24) is 20.4 Å². The van der Waals surface area contributed by atoms with Crippen LogP contribution < -0.4 is 15.5 Å². The molecule has 7 heteroatoms. The Balaban J connectivity index is 1.39. The van der Waals surface area contributed by atoms with E-state index in [4.69, 9.17) is 0 Å². The van der Waals surface area contributed by atoms with Crippen LogP contribution in [0, 0.1) is 0 Å². The van der Waals surface area contributed by atoms with Crippen LogP contribution in [-0.2, 0) is 6.54 Å². The minimum Gasteiger partial charge on any atom is -0.363 e. The first-order chi connectivity index (χ1) is 11.3. The van der Waals surface area contributed by atoms with E-state index in [0.717, 1.165) is 45.0 Å². The maximum absolute atomic E-state index is 4.32. The number of nitrogens with zero attached hydrogens (tertiary/aromatic N) is 4. The summed E-state index contributed by atoms with van der Waals surface area (Å²) in [6.45, 7) is 3.85. The average Bonchev–Trinajstić information content (AvgIpc) is 3.28. The molecule has 3 heterocycles. The van der Waals surface area contributed by atoms with Crippen LogP contribution >= 0.6 is 11.3 Å². The number of rotatable bonds is 5. The minimum atomic E-state index is 0.488. The van der Waals surface area contributed by atoms with Crippen molar-refractivity contribution in [2.45, 2.75) is 25.4 Å². The highest BCUT2D eigenvalue weighted by atomic mass is 32.1. The van der Waals surface area contributed by atoms with E-state index >= 15 is 0 Å². The second-order valence-electron chi connectivity index (χ2n) is 5.63. The summed E-state index contributed by atoms with van der Waals surface area (Å²) >= 11 is 1.82. The zero-order chi connectivity index (χ0) is 15.9. The fourth-order valence-corrected chi connectivity index (χ4v) is 3.59. The molecule has 0 amide bonds. The number of hydrogen-bond donors (Lipinski definition) is 2. The topological polar surface area (TPSA) is 57.5 Å². The highest BCUT2D eigenvalue weighted by molar-refractivity contribution is 7.14. The Morgan fingerprint density at radius 1 is 1.39 bits per heavy atom. The fourth-order valence-electron chi connectivity index (χ4n) is 2.80. The van der Waals surface area contributed by atoms with Crippen molar-refractivity contribution in [2.75, 3.05) is 31.6 Å². The van der Waals surface area contributed by atoms with E-state index in [1.807, 2.05) is 35.3 Å². The van der Waals surface area contributed by atoms with Crippen LogP contribution in [0.5, 0.6) is 0 Å². The number of guanidine groups is 1. The predicted molar refractivity (Wildman–Crippen MR) is 96.3 cm³/mol. The summed E-state index contributed by atoms with van der Waals surface area (Å²) in [4.78, 5) is 6.79. The number of aromatic nitrogens is 2. The average molecular weight is 332 g/mol. The van der Waals surface area contributed by atoms with E-state index in [2.05, 4.69) is 43.1 Å². The van der Waals surface area contributed by atoms with Crippen molar-refractivity contribution in [2.24, 2.45) is 4.99 Å². The van der Waals surface area contributed by atoms with E-state index < -0.39 is 0 Å². The van der Waals surface area contributed by atoms with Gasteiger partial charge in [-0.2, -0.15) is 5.10 Å². The third-order valence-electron chi connectivity index (χ3n) is 4.07. The summed E-state index contributed by atoms with van der Waals surface area (Å²) in [5.41, 5.74) is 0. The van der Waals surface area contributed by atoms with Gasteiger partial charge in [0.15, 0.2) is 5.96 Å². The zero-order valence-corrected chi connectivity index (χ0v) is 14.3. The lowest BCUT2D eigenvalue weighted by Crippen LogP contribution is -2.49. The molecule has 0 radical (unpaired) electrons. The number of hydrogen-bond acceptors (Lipinski definition) is 4. The lowest BCUT2D eigenvalue weighted by Gasteiger charge is -2.33. The molecule has 2 aromatic heterocycles. The summed E-state index contributed by atoms with van der Waals surface area (Å²) in [6, 6.07) is 6.75. The molecular weight excluding hydrogens is 308 g/mol. The largest absolute Gasteiger partial charge is 0.363 e. The Bertz CT molecular complexity index is 584. The van der Waals surface area contributed by atoms with Crippen molar-refractivity contribution < 1.29 is 0 Å². The number of aliphatic imine (C=N–C) groups is 1. The SMILES string of the molecule is CN=C(NCCn1cccn1)NC1CCN(c2cccs2)CC1. The van der Waals surface area contributed by atoms with Gasteiger partial charge in [-0.25, -0.2) is 0 Å². The normalized spacial score (nSPS) is 16.6. The minimum absolute atomic E-state index is 0.488. The van der Waals surface area contributed by atoms with Crippen LogP contribution in [0.25, 0.3) is 0 Å². The van der Waals surface area contributed by atoms with Gasteiger partial charge in [0.05, 0.1) is 11.5 Å². The van der Waals surface area contributed by atoms with Gasteiger partial charge in [-0.1, -0.05) is 0 Å². The quantitative estimate of drug-likeness (QED) is 0.647. The molecule has 0 atom stereocenters. The monoisotopic (exact) mass is 332 g/mol. The number of piperidine rings is 1. The second kappa shape index (κ2) is 8.01. The molecule has 1 aliphatic heterocycles. The smallest absolute Gasteiger partial charge is 0.191 e. The second-order valence-corrected chi connectivity index (χ2v) is 6.55. The van der Waals surface area contributed by atoms with Crippen LogP contribution in [0.4, 0.5) is 5.00 Å². The Labute approximate surface area is 141 Å². The van der Waals surface area contributed by atoms with E-state index in [-0.39, 0.29) is 0 Å². The van der Waals surface area contributed by atoms with Gasteiger partial charge in [-0.05, 0) is 36.4 Å². The zero-order valence-electron chi connectivity index (χ0n) is 13.5. The van der Waals surface area contributed by atoms with Crippen molar-refractivity contribution >= 4 is 22.3 Å². The van der Waals surface area contributed by atoms with Crippen molar-refractivity contribution in [3.63, 3.8) is 0 Å². The molecule has 0 saturated carbocycles. The van der Waals surface area contributed by atoms with Gasteiger partial charge in [0.1, 0.15) is 0 Å².